The number of amides is 1. The van der Waals surface area contributed by atoms with Crippen LogP contribution in [0.1, 0.15) is 41.2 Å². The van der Waals surface area contributed by atoms with Crippen molar-refractivity contribution in [1.29, 1.82) is 0 Å². The molecule has 2 aromatic rings. The normalized spacial score (nSPS) is 17.4. The number of hydrogen-bond donors (Lipinski definition) is 0. The molecule has 0 aliphatic carbocycles. The lowest BCUT2D eigenvalue weighted by molar-refractivity contribution is 0.0605. The molecule has 1 atom stereocenters. The van der Waals surface area contributed by atoms with Crippen molar-refractivity contribution >= 4 is 5.91 Å². The van der Waals surface area contributed by atoms with Crippen LogP contribution in [0.4, 0.5) is 0 Å². The van der Waals surface area contributed by atoms with E-state index in [0.29, 0.717) is 0 Å². The number of carbonyl (C=O) groups is 1. The van der Waals surface area contributed by atoms with Crippen LogP contribution in [0.3, 0.4) is 0 Å². The number of carbonyl (C=O) groups excluding carboxylic acids is 1. The molecule has 0 N–H and O–H groups in total. The molecular weight excluding hydrogens is 302 g/mol. The molecule has 24 heavy (non-hydrogen) atoms. The number of methoxy groups -OCH3 is 2. The Morgan fingerprint density at radius 1 is 0.958 bits per heavy atom. The summed E-state index contributed by atoms with van der Waals surface area (Å²) in [5.41, 5.74) is 1.68. The SMILES string of the molecule is COc1cccc(OC)c1[C@@H]1CCCCN1C(=O)c1ccccc1. The third kappa shape index (κ3) is 3.09. The molecule has 0 radical (unpaired) electrons. The summed E-state index contributed by atoms with van der Waals surface area (Å²) in [6, 6.07) is 15.2. The van der Waals surface area contributed by atoms with Gasteiger partial charge in [-0.05, 0) is 43.5 Å². The highest BCUT2D eigenvalue weighted by Crippen LogP contribution is 2.42. The fourth-order valence-corrected chi connectivity index (χ4v) is 3.43. The molecule has 0 bridgehead atoms. The first kappa shape index (κ1) is 16.4. The van der Waals surface area contributed by atoms with Crippen molar-refractivity contribution < 1.29 is 14.3 Å². The van der Waals surface area contributed by atoms with E-state index in [2.05, 4.69) is 0 Å². The van der Waals surface area contributed by atoms with E-state index in [1.54, 1.807) is 14.2 Å². The molecule has 4 heteroatoms. The van der Waals surface area contributed by atoms with Crippen LogP contribution in [-0.2, 0) is 0 Å². The predicted octanol–water partition coefficient (Wildman–Crippen LogP) is 4.07. The maximum atomic E-state index is 13.0. The average Bonchev–Trinajstić information content (AvgIpc) is 2.67. The van der Waals surface area contributed by atoms with Crippen LogP contribution in [-0.4, -0.2) is 31.6 Å². The van der Waals surface area contributed by atoms with Crippen molar-refractivity contribution in [3.8, 4) is 11.5 Å². The summed E-state index contributed by atoms with van der Waals surface area (Å²) >= 11 is 0. The quantitative estimate of drug-likeness (QED) is 0.850. The Morgan fingerprint density at radius 2 is 1.62 bits per heavy atom. The maximum absolute atomic E-state index is 13.0. The second-order valence-corrected chi connectivity index (χ2v) is 5.95. The fourth-order valence-electron chi connectivity index (χ4n) is 3.43. The van der Waals surface area contributed by atoms with E-state index in [1.807, 2.05) is 53.4 Å². The highest BCUT2D eigenvalue weighted by Gasteiger charge is 2.32. The Labute approximate surface area is 143 Å². The fraction of sp³-hybridized carbons (Fsp3) is 0.350. The monoisotopic (exact) mass is 325 g/mol. The Kier molecular flexibility index (Phi) is 5.04. The van der Waals surface area contributed by atoms with Crippen LogP contribution in [0.25, 0.3) is 0 Å². The van der Waals surface area contributed by atoms with Crippen molar-refractivity contribution in [1.82, 2.24) is 4.90 Å². The van der Waals surface area contributed by atoms with Gasteiger partial charge in [-0.3, -0.25) is 4.79 Å². The number of benzene rings is 2. The Morgan fingerprint density at radius 3 is 2.25 bits per heavy atom. The van der Waals surface area contributed by atoms with Gasteiger partial charge in [-0.1, -0.05) is 24.3 Å². The minimum absolute atomic E-state index is 0.0300. The minimum atomic E-state index is -0.0300. The molecule has 1 aliphatic rings. The van der Waals surface area contributed by atoms with Gasteiger partial charge in [0, 0.05) is 12.1 Å². The summed E-state index contributed by atoms with van der Waals surface area (Å²) in [7, 11) is 3.31. The highest BCUT2D eigenvalue weighted by atomic mass is 16.5. The topological polar surface area (TPSA) is 38.8 Å². The van der Waals surface area contributed by atoms with Crippen molar-refractivity contribution in [3.63, 3.8) is 0 Å². The third-order valence-electron chi connectivity index (χ3n) is 4.58. The van der Waals surface area contributed by atoms with E-state index in [4.69, 9.17) is 9.47 Å². The van der Waals surface area contributed by atoms with Crippen LogP contribution in [0.2, 0.25) is 0 Å². The summed E-state index contributed by atoms with van der Waals surface area (Å²) in [5.74, 6) is 1.60. The first-order valence-corrected chi connectivity index (χ1v) is 8.33. The predicted molar refractivity (Wildman–Crippen MR) is 93.6 cm³/mol. The zero-order chi connectivity index (χ0) is 16.9. The first-order chi connectivity index (χ1) is 11.8. The summed E-state index contributed by atoms with van der Waals surface area (Å²) in [5, 5.41) is 0. The Balaban J connectivity index is 2.01. The number of rotatable bonds is 4. The number of piperidine rings is 1. The van der Waals surface area contributed by atoms with Crippen molar-refractivity contribution in [3.05, 3.63) is 59.7 Å². The summed E-state index contributed by atoms with van der Waals surface area (Å²) in [4.78, 5) is 15.0. The molecular formula is C20H23NO3. The van der Waals surface area contributed by atoms with Gasteiger partial charge in [0.05, 0.1) is 25.8 Å². The number of nitrogens with zero attached hydrogens (tertiary/aromatic N) is 1. The van der Waals surface area contributed by atoms with Crippen molar-refractivity contribution in [2.45, 2.75) is 25.3 Å². The van der Waals surface area contributed by atoms with Gasteiger partial charge in [0.2, 0.25) is 0 Å². The smallest absolute Gasteiger partial charge is 0.254 e. The lowest BCUT2D eigenvalue weighted by atomic mass is 9.93. The second kappa shape index (κ2) is 7.39. The zero-order valence-corrected chi connectivity index (χ0v) is 14.2. The molecule has 1 amide bonds. The molecule has 0 saturated carbocycles. The summed E-state index contributed by atoms with van der Waals surface area (Å²) in [6.07, 6.45) is 3.02. The molecule has 0 unspecified atom stereocenters. The lowest BCUT2D eigenvalue weighted by Crippen LogP contribution is -2.38. The number of likely N-dealkylation sites (tertiary alicyclic amines) is 1. The van der Waals surface area contributed by atoms with Gasteiger partial charge in [0.15, 0.2) is 0 Å². The van der Waals surface area contributed by atoms with Crippen LogP contribution >= 0.6 is 0 Å². The van der Waals surface area contributed by atoms with Gasteiger partial charge in [0.1, 0.15) is 11.5 Å². The Bertz CT molecular complexity index is 677. The molecule has 2 aromatic carbocycles. The number of hydrogen-bond acceptors (Lipinski definition) is 3. The first-order valence-electron chi connectivity index (χ1n) is 8.33. The van der Waals surface area contributed by atoms with Crippen LogP contribution < -0.4 is 9.47 Å². The maximum Gasteiger partial charge on any atom is 0.254 e. The van der Waals surface area contributed by atoms with E-state index in [-0.39, 0.29) is 11.9 Å². The van der Waals surface area contributed by atoms with Crippen molar-refractivity contribution in [2.75, 3.05) is 20.8 Å². The minimum Gasteiger partial charge on any atom is -0.496 e. The molecule has 0 spiro atoms. The summed E-state index contributed by atoms with van der Waals surface area (Å²) < 4.78 is 11.1. The van der Waals surface area contributed by atoms with Crippen LogP contribution in [0.5, 0.6) is 11.5 Å². The van der Waals surface area contributed by atoms with E-state index in [0.717, 1.165) is 48.4 Å². The molecule has 1 aliphatic heterocycles. The largest absolute Gasteiger partial charge is 0.496 e. The van der Waals surface area contributed by atoms with Gasteiger partial charge in [-0.25, -0.2) is 0 Å². The number of ether oxygens (including phenoxy) is 2. The van der Waals surface area contributed by atoms with Crippen molar-refractivity contribution in [2.24, 2.45) is 0 Å². The highest BCUT2D eigenvalue weighted by molar-refractivity contribution is 5.94. The van der Waals surface area contributed by atoms with Crippen LogP contribution in [0, 0.1) is 0 Å². The van der Waals surface area contributed by atoms with E-state index in [9.17, 15) is 4.79 Å². The molecule has 126 valence electrons. The van der Waals surface area contributed by atoms with Crippen LogP contribution in [0.15, 0.2) is 48.5 Å². The zero-order valence-electron chi connectivity index (χ0n) is 14.2. The van der Waals surface area contributed by atoms with E-state index < -0.39 is 0 Å². The third-order valence-corrected chi connectivity index (χ3v) is 4.58. The van der Waals surface area contributed by atoms with E-state index >= 15 is 0 Å². The average molecular weight is 325 g/mol. The molecule has 3 rings (SSSR count). The summed E-state index contributed by atoms with van der Waals surface area (Å²) in [6.45, 7) is 0.750. The van der Waals surface area contributed by atoms with Gasteiger partial charge < -0.3 is 14.4 Å². The molecule has 1 fully saturated rings. The lowest BCUT2D eigenvalue weighted by Gasteiger charge is -2.37. The van der Waals surface area contributed by atoms with Gasteiger partial charge in [-0.2, -0.15) is 0 Å². The molecule has 0 aromatic heterocycles. The molecule has 4 nitrogen and oxygen atoms in total. The Hall–Kier alpha value is -2.49. The van der Waals surface area contributed by atoms with Gasteiger partial charge in [-0.15, -0.1) is 0 Å². The molecule has 1 saturated heterocycles. The van der Waals surface area contributed by atoms with E-state index in [1.165, 1.54) is 0 Å². The van der Waals surface area contributed by atoms with Gasteiger partial charge in [0.25, 0.3) is 5.91 Å². The van der Waals surface area contributed by atoms with Gasteiger partial charge >= 0.3 is 0 Å². The molecule has 1 heterocycles. The second-order valence-electron chi connectivity index (χ2n) is 5.95. The standard InChI is InChI=1S/C20H23NO3/c1-23-17-12-8-13-18(24-2)19(17)16-11-6-7-14-21(16)20(22)15-9-4-3-5-10-15/h3-5,8-10,12-13,16H,6-7,11,14H2,1-2H3/t16-/m0/s1.